The zero-order valence-electron chi connectivity index (χ0n) is 12.6. The standard InChI is InChI=1S/C16H24N2O3/c1-20-16(19)14-6-4-8-18(12-14)9-10-21-15-7-3-2-5-13(15)11-17/h2-3,5,7,14H,4,6,8-12,17H2,1H3. The maximum atomic E-state index is 11.6. The molecule has 1 saturated heterocycles. The highest BCUT2D eigenvalue weighted by atomic mass is 16.5. The molecule has 1 aromatic rings. The van der Waals surface area contributed by atoms with Gasteiger partial charge in [0.2, 0.25) is 0 Å². The summed E-state index contributed by atoms with van der Waals surface area (Å²) in [7, 11) is 1.45. The van der Waals surface area contributed by atoms with Crippen molar-refractivity contribution >= 4 is 5.97 Å². The highest BCUT2D eigenvalue weighted by Gasteiger charge is 2.26. The van der Waals surface area contributed by atoms with Gasteiger partial charge in [0.1, 0.15) is 12.4 Å². The fourth-order valence-electron chi connectivity index (χ4n) is 2.72. The van der Waals surface area contributed by atoms with Crippen molar-refractivity contribution in [2.24, 2.45) is 11.7 Å². The van der Waals surface area contributed by atoms with Crippen LogP contribution in [-0.2, 0) is 16.1 Å². The Balaban J connectivity index is 1.79. The Morgan fingerprint density at radius 2 is 2.24 bits per heavy atom. The number of carbonyl (C=O) groups is 1. The van der Waals surface area contributed by atoms with Crippen LogP contribution >= 0.6 is 0 Å². The molecule has 1 heterocycles. The molecule has 0 saturated carbocycles. The quantitative estimate of drug-likeness (QED) is 0.803. The summed E-state index contributed by atoms with van der Waals surface area (Å²) >= 11 is 0. The van der Waals surface area contributed by atoms with Gasteiger partial charge < -0.3 is 15.2 Å². The first-order valence-electron chi connectivity index (χ1n) is 7.45. The van der Waals surface area contributed by atoms with Crippen LogP contribution in [0.1, 0.15) is 18.4 Å². The molecular formula is C16H24N2O3. The van der Waals surface area contributed by atoms with E-state index < -0.39 is 0 Å². The Labute approximate surface area is 126 Å². The first kappa shape index (κ1) is 15.8. The highest BCUT2D eigenvalue weighted by molar-refractivity contribution is 5.72. The first-order chi connectivity index (χ1) is 10.2. The number of methoxy groups -OCH3 is 1. The fourth-order valence-corrected chi connectivity index (χ4v) is 2.72. The topological polar surface area (TPSA) is 64.8 Å². The molecule has 116 valence electrons. The Hall–Kier alpha value is -1.59. The maximum Gasteiger partial charge on any atom is 0.309 e. The lowest BCUT2D eigenvalue weighted by atomic mass is 9.98. The summed E-state index contributed by atoms with van der Waals surface area (Å²) in [6, 6.07) is 7.82. The molecule has 1 unspecified atom stereocenters. The van der Waals surface area contributed by atoms with Crippen molar-refractivity contribution in [3.8, 4) is 5.75 Å². The Morgan fingerprint density at radius 1 is 1.43 bits per heavy atom. The van der Waals surface area contributed by atoms with Crippen LogP contribution in [-0.4, -0.2) is 44.2 Å². The van der Waals surface area contributed by atoms with Crippen LogP contribution in [0.3, 0.4) is 0 Å². The fraction of sp³-hybridized carbons (Fsp3) is 0.562. The summed E-state index contributed by atoms with van der Waals surface area (Å²) in [5.41, 5.74) is 6.71. The van der Waals surface area contributed by atoms with Crippen molar-refractivity contribution < 1.29 is 14.3 Å². The van der Waals surface area contributed by atoms with Crippen LogP contribution in [0.2, 0.25) is 0 Å². The lowest BCUT2D eigenvalue weighted by Crippen LogP contribution is -2.41. The Kier molecular flexibility index (Phi) is 6.02. The Morgan fingerprint density at radius 3 is 3.00 bits per heavy atom. The molecule has 2 N–H and O–H groups in total. The van der Waals surface area contributed by atoms with Crippen LogP contribution in [0.5, 0.6) is 5.75 Å². The summed E-state index contributed by atoms with van der Waals surface area (Å²) in [5.74, 6) is 0.746. The third kappa shape index (κ3) is 4.44. The van der Waals surface area contributed by atoms with E-state index in [1.807, 2.05) is 24.3 Å². The number of ether oxygens (including phenoxy) is 2. The third-order valence-electron chi connectivity index (χ3n) is 3.90. The van der Waals surface area contributed by atoms with Gasteiger partial charge in [-0.25, -0.2) is 0 Å². The van der Waals surface area contributed by atoms with Crippen molar-refractivity contribution in [3.63, 3.8) is 0 Å². The number of hydrogen-bond donors (Lipinski definition) is 1. The smallest absolute Gasteiger partial charge is 0.309 e. The van der Waals surface area contributed by atoms with Gasteiger partial charge in [0.05, 0.1) is 13.0 Å². The molecule has 2 rings (SSSR count). The normalized spacial score (nSPS) is 19.2. The van der Waals surface area contributed by atoms with Crippen LogP contribution in [0.15, 0.2) is 24.3 Å². The minimum atomic E-state index is -0.103. The number of para-hydroxylation sites is 1. The van der Waals surface area contributed by atoms with Gasteiger partial charge in [-0.05, 0) is 25.5 Å². The zero-order chi connectivity index (χ0) is 15.1. The molecule has 0 bridgehead atoms. The van der Waals surface area contributed by atoms with Crippen LogP contribution in [0.25, 0.3) is 0 Å². The van der Waals surface area contributed by atoms with Gasteiger partial charge in [-0.1, -0.05) is 18.2 Å². The van der Waals surface area contributed by atoms with E-state index in [9.17, 15) is 4.79 Å². The molecule has 21 heavy (non-hydrogen) atoms. The molecule has 5 heteroatoms. The van der Waals surface area contributed by atoms with Gasteiger partial charge in [0.25, 0.3) is 0 Å². The zero-order valence-corrected chi connectivity index (χ0v) is 12.6. The summed E-state index contributed by atoms with van der Waals surface area (Å²) in [6.45, 7) is 3.66. The predicted octanol–water partition coefficient (Wildman–Crippen LogP) is 1.41. The number of likely N-dealkylation sites (tertiary alicyclic amines) is 1. The minimum Gasteiger partial charge on any atom is -0.492 e. The van der Waals surface area contributed by atoms with E-state index in [1.54, 1.807) is 0 Å². The lowest BCUT2D eigenvalue weighted by Gasteiger charge is -2.31. The average molecular weight is 292 g/mol. The van der Waals surface area contributed by atoms with E-state index in [1.165, 1.54) is 7.11 Å². The van der Waals surface area contributed by atoms with E-state index in [-0.39, 0.29) is 11.9 Å². The predicted molar refractivity (Wildman–Crippen MR) is 81.0 cm³/mol. The second-order valence-electron chi connectivity index (χ2n) is 5.32. The van der Waals surface area contributed by atoms with Crippen LogP contribution < -0.4 is 10.5 Å². The first-order valence-corrected chi connectivity index (χ1v) is 7.45. The molecule has 1 aliphatic heterocycles. The summed E-state index contributed by atoms with van der Waals surface area (Å²) < 4.78 is 10.6. The molecular weight excluding hydrogens is 268 g/mol. The number of carbonyl (C=O) groups excluding carboxylic acids is 1. The van der Waals surface area contributed by atoms with Crippen molar-refractivity contribution in [2.75, 3.05) is 33.4 Å². The van der Waals surface area contributed by atoms with Crippen LogP contribution in [0, 0.1) is 5.92 Å². The molecule has 5 nitrogen and oxygen atoms in total. The molecule has 0 radical (unpaired) electrons. The second-order valence-corrected chi connectivity index (χ2v) is 5.32. The van der Waals surface area contributed by atoms with Crippen molar-refractivity contribution in [2.45, 2.75) is 19.4 Å². The molecule has 0 aliphatic carbocycles. The van der Waals surface area contributed by atoms with E-state index in [2.05, 4.69) is 4.90 Å². The number of esters is 1. The van der Waals surface area contributed by atoms with Gasteiger partial charge >= 0.3 is 5.97 Å². The summed E-state index contributed by atoms with van der Waals surface area (Å²) in [4.78, 5) is 13.9. The van der Waals surface area contributed by atoms with Gasteiger partial charge in [0.15, 0.2) is 0 Å². The molecule has 1 aliphatic rings. The van der Waals surface area contributed by atoms with Gasteiger partial charge in [-0.3, -0.25) is 9.69 Å². The average Bonchev–Trinajstić information content (AvgIpc) is 2.55. The second kappa shape index (κ2) is 8.00. The van der Waals surface area contributed by atoms with E-state index in [0.29, 0.717) is 13.2 Å². The molecule has 0 amide bonds. The minimum absolute atomic E-state index is 0.0000723. The van der Waals surface area contributed by atoms with E-state index in [0.717, 1.165) is 43.8 Å². The van der Waals surface area contributed by atoms with Gasteiger partial charge in [-0.15, -0.1) is 0 Å². The highest BCUT2D eigenvalue weighted by Crippen LogP contribution is 2.19. The number of nitrogens with zero attached hydrogens (tertiary/aromatic N) is 1. The summed E-state index contributed by atoms with van der Waals surface area (Å²) in [5, 5.41) is 0. The van der Waals surface area contributed by atoms with Gasteiger partial charge in [-0.2, -0.15) is 0 Å². The van der Waals surface area contributed by atoms with E-state index >= 15 is 0 Å². The molecule has 0 aromatic heterocycles. The third-order valence-corrected chi connectivity index (χ3v) is 3.90. The van der Waals surface area contributed by atoms with Crippen molar-refractivity contribution in [3.05, 3.63) is 29.8 Å². The van der Waals surface area contributed by atoms with Crippen LogP contribution in [0.4, 0.5) is 0 Å². The number of rotatable bonds is 6. The maximum absolute atomic E-state index is 11.6. The molecule has 0 spiro atoms. The summed E-state index contributed by atoms with van der Waals surface area (Å²) in [6.07, 6.45) is 1.94. The Bertz CT molecular complexity index is 465. The largest absolute Gasteiger partial charge is 0.492 e. The lowest BCUT2D eigenvalue weighted by molar-refractivity contribution is -0.147. The monoisotopic (exact) mass is 292 g/mol. The number of benzene rings is 1. The number of nitrogens with two attached hydrogens (primary N) is 1. The van der Waals surface area contributed by atoms with Crippen molar-refractivity contribution in [1.29, 1.82) is 0 Å². The van der Waals surface area contributed by atoms with Crippen molar-refractivity contribution in [1.82, 2.24) is 4.90 Å². The SMILES string of the molecule is COC(=O)C1CCCN(CCOc2ccccc2CN)C1. The molecule has 1 atom stereocenters. The molecule has 1 fully saturated rings. The number of piperidine rings is 1. The molecule has 1 aromatic carbocycles. The number of hydrogen-bond acceptors (Lipinski definition) is 5. The van der Waals surface area contributed by atoms with Gasteiger partial charge in [0, 0.05) is 25.2 Å². The van der Waals surface area contributed by atoms with E-state index in [4.69, 9.17) is 15.2 Å².